The van der Waals surface area contributed by atoms with Crippen LogP contribution in [0.2, 0.25) is 0 Å². The van der Waals surface area contributed by atoms with Gasteiger partial charge in [0.2, 0.25) is 0 Å². The summed E-state index contributed by atoms with van der Waals surface area (Å²) >= 11 is 0. The van der Waals surface area contributed by atoms with Gasteiger partial charge in [-0.2, -0.15) is 0 Å². The van der Waals surface area contributed by atoms with Crippen LogP contribution in [-0.4, -0.2) is 50.4 Å². The number of aryl methyl sites for hydroxylation is 1. The number of nitrogens with zero attached hydrogens (tertiary/aromatic N) is 2. The summed E-state index contributed by atoms with van der Waals surface area (Å²) in [6, 6.07) is 2.48. The van der Waals surface area contributed by atoms with Crippen LogP contribution < -0.4 is 5.32 Å². The van der Waals surface area contributed by atoms with Crippen molar-refractivity contribution in [3.8, 4) is 0 Å². The number of sulfone groups is 1. The first kappa shape index (κ1) is 19.6. The Kier molecular flexibility index (Phi) is 6.58. The van der Waals surface area contributed by atoms with E-state index in [-0.39, 0.29) is 35.6 Å². The van der Waals surface area contributed by atoms with Crippen LogP contribution >= 0.6 is 24.0 Å². The van der Waals surface area contributed by atoms with E-state index in [0.717, 1.165) is 30.2 Å². The van der Waals surface area contributed by atoms with Gasteiger partial charge >= 0.3 is 0 Å². The van der Waals surface area contributed by atoms with E-state index >= 15 is 0 Å². The van der Waals surface area contributed by atoms with Gasteiger partial charge in [-0.15, -0.1) is 24.0 Å². The molecule has 1 N–H and O–H groups in total. The van der Waals surface area contributed by atoms with E-state index in [4.69, 9.17) is 9.41 Å². The third-order valence-corrected chi connectivity index (χ3v) is 6.31. The fourth-order valence-corrected chi connectivity index (χ4v) is 4.67. The Balaban J connectivity index is 0.00000208. The second-order valence-corrected chi connectivity index (χ2v) is 8.94. The zero-order valence-corrected chi connectivity index (χ0v) is 17.3. The van der Waals surface area contributed by atoms with E-state index in [1.54, 1.807) is 6.26 Å². The van der Waals surface area contributed by atoms with Gasteiger partial charge in [-0.3, -0.25) is 4.99 Å². The van der Waals surface area contributed by atoms with Gasteiger partial charge in [-0.1, -0.05) is 0 Å². The summed E-state index contributed by atoms with van der Waals surface area (Å²) in [7, 11) is -0.831. The quantitative estimate of drug-likeness (QED) is 0.408. The Hall–Kier alpha value is -0.770. The largest absolute Gasteiger partial charge is 0.469 e. The van der Waals surface area contributed by atoms with Crippen LogP contribution in [0.4, 0.5) is 0 Å². The van der Waals surface area contributed by atoms with Crippen molar-refractivity contribution < 1.29 is 12.8 Å². The summed E-state index contributed by atoms with van der Waals surface area (Å²) in [6.07, 6.45) is 4.78. The molecule has 6 nitrogen and oxygen atoms in total. The first-order valence-electron chi connectivity index (χ1n) is 8.18. The summed E-state index contributed by atoms with van der Waals surface area (Å²) < 4.78 is 28.5. The molecular formula is C16H26IN3O3S. The van der Waals surface area contributed by atoms with Gasteiger partial charge in [-0.25, -0.2) is 8.42 Å². The van der Waals surface area contributed by atoms with Crippen molar-refractivity contribution >= 4 is 39.8 Å². The van der Waals surface area contributed by atoms with Crippen LogP contribution in [0.25, 0.3) is 0 Å². The summed E-state index contributed by atoms with van der Waals surface area (Å²) in [6.45, 7) is 3.25. The molecule has 1 atom stereocenters. The van der Waals surface area contributed by atoms with Gasteiger partial charge < -0.3 is 14.6 Å². The van der Waals surface area contributed by atoms with Crippen LogP contribution in [0.3, 0.4) is 0 Å². The Morgan fingerprint density at radius 2 is 2.17 bits per heavy atom. The Morgan fingerprint density at radius 3 is 2.71 bits per heavy atom. The maximum Gasteiger partial charge on any atom is 0.194 e. The molecule has 0 spiro atoms. The standard InChI is InChI=1S/C16H25N3O3S.HI/c1-12-14(5-7-22-12)10-19(2)16(18-15-3-4-15)17-9-13-6-8-23(20,21)11-13;/h5,7,13,15H,3-4,6,8-11H2,1-2H3,(H,17,18);1H. The van der Waals surface area contributed by atoms with Crippen LogP contribution in [0.15, 0.2) is 21.7 Å². The molecule has 2 aliphatic rings. The highest BCUT2D eigenvalue weighted by Gasteiger charge is 2.28. The minimum absolute atomic E-state index is 0. The third-order valence-electron chi connectivity index (χ3n) is 4.47. The summed E-state index contributed by atoms with van der Waals surface area (Å²) in [4.78, 5) is 6.78. The van der Waals surface area contributed by atoms with E-state index < -0.39 is 9.84 Å². The third kappa shape index (κ3) is 5.37. The van der Waals surface area contributed by atoms with E-state index in [9.17, 15) is 8.42 Å². The molecule has 1 saturated heterocycles. The highest BCUT2D eigenvalue weighted by Crippen LogP contribution is 2.21. The van der Waals surface area contributed by atoms with Crippen LogP contribution in [-0.2, 0) is 16.4 Å². The molecule has 0 bridgehead atoms. The minimum Gasteiger partial charge on any atom is -0.469 e. The van der Waals surface area contributed by atoms with Gasteiger partial charge in [0, 0.05) is 31.7 Å². The first-order valence-corrected chi connectivity index (χ1v) is 10.0. The Morgan fingerprint density at radius 1 is 1.42 bits per heavy atom. The second kappa shape index (κ2) is 8.07. The predicted octanol–water partition coefficient (Wildman–Crippen LogP) is 2.18. The lowest BCUT2D eigenvalue weighted by atomic mass is 10.1. The molecule has 0 aromatic carbocycles. The van der Waals surface area contributed by atoms with Crippen molar-refractivity contribution in [1.82, 2.24) is 10.2 Å². The van der Waals surface area contributed by atoms with Gasteiger partial charge in [0.15, 0.2) is 15.8 Å². The molecule has 0 amide bonds. The van der Waals surface area contributed by atoms with Crippen LogP contribution in [0.1, 0.15) is 30.6 Å². The highest BCUT2D eigenvalue weighted by molar-refractivity contribution is 14.0. The number of nitrogens with one attached hydrogen (secondary N) is 1. The van der Waals surface area contributed by atoms with E-state index in [2.05, 4.69) is 10.2 Å². The zero-order valence-electron chi connectivity index (χ0n) is 14.2. The number of hydrogen-bond donors (Lipinski definition) is 1. The van der Waals surface area contributed by atoms with E-state index in [1.807, 2.05) is 20.0 Å². The molecule has 2 heterocycles. The fourth-order valence-electron chi connectivity index (χ4n) is 2.82. The van der Waals surface area contributed by atoms with Gasteiger partial charge in [0.1, 0.15) is 5.76 Å². The summed E-state index contributed by atoms with van der Waals surface area (Å²) in [5, 5.41) is 3.46. The lowest BCUT2D eigenvalue weighted by Gasteiger charge is -2.22. The molecule has 1 saturated carbocycles. The number of rotatable bonds is 5. The predicted molar refractivity (Wildman–Crippen MR) is 106 cm³/mol. The molecule has 1 aliphatic heterocycles. The maximum atomic E-state index is 11.6. The number of furan rings is 1. The average Bonchev–Trinajstić information content (AvgIpc) is 3.13. The number of aliphatic imine (C=N–C) groups is 1. The number of guanidine groups is 1. The van der Waals surface area contributed by atoms with Crippen LogP contribution in [0, 0.1) is 12.8 Å². The fraction of sp³-hybridized carbons (Fsp3) is 0.688. The van der Waals surface area contributed by atoms with Gasteiger partial charge in [0.25, 0.3) is 0 Å². The van der Waals surface area contributed by atoms with Crippen molar-refractivity contribution in [2.75, 3.05) is 25.1 Å². The summed E-state index contributed by atoms with van der Waals surface area (Å²) in [5.74, 6) is 2.52. The Labute approximate surface area is 161 Å². The molecule has 1 aromatic rings. The average molecular weight is 467 g/mol. The topological polar surface area (TPSA) is 74.9 Å². The van der Waals surface area contributed by atoms with Crippen molar-refractivity contribution in [3.05, 3.63) is 23.7 Å². The minimum atomic E-state index is -2.84. The molecular weight excluding hydrogens is 441 g/mol. The second-order valence-electron chi connectivity index (χ2n) is 6.71. The molecule has 2 fully saturated rings. The smallest absolute Gasteiger partial charge is 0.194 e. The monoisotopic (exact) mass is 467 g/mol. The SMILES string of the molecule is Cc1occc1CN(C)C(=NCC1CCS(=O)(=O)C1)NC1CC1.I. The maximum absolute atomic E-state index is 11.6. The van der Waals surface area contributed by atoms with E-state index in [0.29, 0.717) is 18.3 Å². The normalized spacial score (nSPS) is 22.9. The molecule has 0 radical (unpaired) electrons. The molecule has 1 aliphatic carbocycles. The lowest BCUT2D eigenvalue weighted by Crippen LogP contribution is -2.40. The number of hydrogen-bond acceptors (Lipinski definition) is 4. The Bertz CT molecular complexity index is 682. The summed E-state index contributed by atoms with van der Waals surface area (Å²) in [5.41, 5.74) is 1.14. The van der Waals surface area contributed by atoms with Crippen molar-refractivity contribution in [2.45, 2.75) is 38.8 Å². The van der Waals surface area contributed by atoms with Crippen LogP contribution in [0.5, 0.6) is 0 Å². The molecule has 24 heavy (non-hydrogen) atoms. The van der Waals surface area contributed by atoms with Gasteiger partial charge in [0.05, 0.1) is 17.8 Å². The zero-order chi connectivity index (χ0) is 16.4. The van der Waals surface area contributed by atoms with Gasteiger partial charge in [-0.05, 0) is 38.2 Å². The highest BCUT2D eigenvalue weighted by atomic mass is 127. The van der Waals surface area contributed by atoms with Crippen molar-refractivity contribution in [2.24, 2.45) is 10.9 Å². The number of halogens is 1. The van der Waals surface area contributed by atoms with Crippen molar-refractivity contribution in [3.63, 3.8) is 0 Å². The molecule has 3 rings (SSSR count). The first-order chi connectivity index (χ1) is 10.9. The molecule has 136 valence electrons. The molecule has 8 heteroatoms. The lowest BCUT2D eigenvalue weighted by molar-refractivity contribution is 0.458. The molecule has 1 aromatic heterocycles. The van der Waals surface area contributed by atoms with Crippen molar-refractivity contribution in [1.29, 1.82) is 0 Å². The van der Waals surface area contributed by atoms with E-state index in [1.165, 1.54) is 12.8 Å². The molecule has 1 unspecified atom stereocenters.